The highest BCUT2D eigenvalue weighted by atomic mass is 15.2. The number of likely N-dealkylation sites (N-methyl/N-ethyl adjacent to an activating group) is 1. The van der Waals surface area contributed by atoms with E-state index < -0.39 is 0 Å². The fraction of sp³-hybridized carbons (Fsp3) is 1.00. The Labute approximate surface area is 121 Å². The molecule has 0 saturated carbocycles. The Kier molecular flexibility index (Phi) is 8.72. The van der Waals surface area contributed by atoms with Crippen LogP contribution in [-0.4, -0.2) is 49.1 Å². The van der Waals surface area contributed by atoms with Gasteiger partial charge < -0.3 is 4.90 Å². The molecule has 1 heterocycles. The molecule has 2 atom stereocenters. The predicted molar refractivity (Wildman–Crippen MR) is 85.7 cm³/mol. The molecule has 0 bridgehead atoms. The summed E-state index contributed by atoms with van der Waals surface area (Å²) in [5, 5.41) is 0. The molecule has 0 aromatic carbocycles. The maximum atomic E-state index is 2.77. The molecule has 1 aliphatic heterocycles. The molecule has 1 fully saturated rings. The second-order valence-electron chi connectivity index (χ2n) is 6.52. The van der Waals surface area contributed by atoms with E-state index in [9.17, 15) is 0 Å². The maximum Gasteiger partial charge on any atom is 0.0217 e. The minimum absolute atomic E-state index is 0.780. The monoisotopic (exact) mass is 268 g/mol. The van der Waals surface area contributed by atoms with Crippen LogP contribution in [0.4, 0.5) is 0 Å². The zero-order valence-corrected chi connectivity index (χ0v) is 13.8. The third-order valence-corrected chi connectivity index (χ3v) is 4.79. The van der Waals surface area contributed by atoms with Gasteiger partial charge in [0.15, 0.2) is 0 Å². The van der Waals surface area contributed by atoms with Crippen LogP contribution >= 0.6 is 0 Å². The first kappa shape index (κ1) is 17.0. The summed E-state index contributed by atoms with van der Waals surface area (Å²) in [6, 6.07) is 1.62. The van der Waals surface area contributed by atoms with Gasteiger partial charge in [-0.05, 0) is 46.3 Å². The summed E-state index contributed by atoms with van der Waals surface area (Å²) in [5.74, 6) is 0. The molecule has 1 unspecified atom stereocenters. The average molecular weight is 268 g/mol. The summed E-state index contributed by atoms with van der Waals surface area (Å²) in [7, 11) is 4.47. The van der Waals surface area contributed by atoms with E-state index in [0.29, 0.717) is 0 Å². The SMILES string of the molecule is CCCCCCCC(CC)N1CCC[C@@H](N(C)C)C1. The van der Waals surface area contributed by atoms with Crippen molar-refractivity contribution in [1.29, 1.82) is 0 Å². The van der Waals surface area contributed by atoms with Gasteiger partial charge in [0.1, 0.15) is 0 Å². The zero-order valence-electron chi connectivity index (χ0n) is 13.8. The van der Waals surface area contributed by atoms with Gasteiger partial charge in [-0.3, -0.25) is 4.90 Å². The van der Waals surface area contributed by atoms with Crippen molar-refractivity contribution in [1.82, 2.24) is 9.80 Å². The molecule has 0 radical (unpaired) electrons. The molecule has 19 heavy (non-hydrogen) atoms. The first-order valence-electron chi connectivity index (χ1n) is 8.59. The van der Waals surface area contributed by atoms with Crippen LogP contribution in [0.25, 0.3) is 0 Å². The van der Waals surface area contributed by atoms with Crippen molar-refractivity contribution in [3.63, 3.8) is 0 Å². The van der Waals surface area contributed by atoms with Gasteiger partial charge in [0, 0.05) is 18.6 Å². The van der Waals surface area contributed by atoms with Crippen molar-refractivity contribution >= 4 is 0 Å². The Balaban J connectivity index is 2.28. The lowest BCUT2D eigenvalue weighted by Crippen LogP contribution is -2.49. The van der Waals surface area contributed by atoms with Gasteiger partial charge in [-0.1, -0.05) is 46.0 Å². The van der Waals surface area contributed by atoms with Crippen molar-refractivity contribution in [2.45, 2.75) is 83.7 Å². The van der Waals surface area contributed by atoms with Crippen LogP contribution in [-0.2, 0) is 0 Å². The van der Waals surface area contributed by atoms with Crippen molar-refractivity contribution in [3.8, 4) is 0 Å². The van der Waals surface area contributed by atoms with Crippen LogP contribution in [0.3, 0.4) is 0 Å². The number of unbranched alkanes of at least 4 members (excludes halogenated alkanes) is 4. The Morgan fingerprint density at radius 2 is 1.84 bits per heavy atom. The van der Waals surface area contributed by atoms with Crippen LogP contribution in [0.2, 0.25) is 0 Å². The molecule has 1 aliphatic rings. The largest absolute Gasteiger partial charge is 0.305 e. The third-order valence-electron chi connectivity index (χ3n) is 4.79. The summed E-state index contributed by atoms with van der Waals surface area (Å²) < 4.78 is 0. The van der Waals surface area contributed by atoms with Crippen LogP contribution in [0.15, 0.2) is 0 Å². The van der Waals surface area contributed by atoms with Gasteiger partial charge in [0.25, 0.3) is 0 Å². The van der Waals surface area contributed by atoms with Crippen molar-refractivity contribution < 1.29 is 0 Å². The minimum Gasteiger partial charge on any atom is -0.305 e. The van der Waals surface area contributed by atoms with Crippen LogP contribution < -0.4 is 0 Å². The fourth-order valence-corrected chi connectivity index (χ4v) is 3.36. The molecule has 0 aliphatic carbocycles. The summed E-state index contributed by atoms with van der Waals surface area (Å²) in [6.07, 6.45) is 12.6. The van der Waals surface area contributed by atoms with E-state index >= 15 is 0 Å². The van der Waals surface area contributed by atoms with E-state index in [1.54, 1.807) is 0 Å². The standard InChI is InChI=1S/C17H36N2/c1-5-7-8-9-10-12-16(6-2)19-14-11-13-17(15-19)18(3)4/h16-17H,5-15H2,1-4H3/t16?,17-/m1/s1. The van der Waals surface area contributed by atoms with E-state index in [0.717, 1.165) is 12.1 Å². The van der Waals surface area contributed by atoms with Gasteiger partial charge in [0.2, 0.25) is 0 Å². The van der Waals surface area contributed by atoms with E-state index in [4.69, 9.17) is 0 Å². The first-order chi connectivity index (χ1) is 9.19. The molecule has 0 aromatic rings. The molecular formula is C17H36N2. The maximum absolute atomic E-state index is 2.77. The lowest BCUT2D eigenvalue weighted by Gasteiger charge is -2.40. The topological polar surface area (TPSA) is 6.48 Å². The van der Waals surface area contributed by atoms with Gasteiger partial charge in [-0.15, -0.1) is 0 Å². The molecule has 0 N–H and O–H groups in total. The summed E-state index contributed by atoms with van der Waals surface area (Å²) in [6.45, 7) is 7.29. The highest BCUT2D eigenvalue weighted by molar-refractivity contribution is 4.82. The molecular weight excluding hydrogens is 232 g/mol. The lowest BCUT2D eigenvalue weighted by atomic mass is 9.98. The average Bonchev–Trinajstić information content (AvgIpc) is 2.43. The van der Waals surface area contributed by atoms with Crippen molar-refractivity contribution in [3.05, 3.63) is 0 Å². The highest BCUT2D eigenvalue weighted by Crippen LogP contribution is 2.21. The normalized spacial score (nSPS) is 22.9. The van der Waals surface area contributed by atoms with Crippen LogP contribution in [0, 0.1) is 0 Å². The third kappa shape index (κ3) is 6.27. The minimum atomic E-state index is 0.780. The Morgan fingerprint density at radius 1 is 1.11 bits per heavy atom. The zero-order chi connectivity index (χ0) is 14.1. The fourth-order valence-electron chi connectivity index (χ4n) is 3.36. The van der Waals surface area contributed by atoms with Gasteiger partial charge in [-0.2, -0.15) is 0 Å². The lowest BCUT2D eigenvalue weighted by molar-refractivity contribution is 0.0886. The van der Waals surface area contributed by atoms with Crippen LogP contribution in [0.1, 0.15) is 71.6 Å². The van der Waals surface area contributed by atoms with E-state index in [1.165, 1.54) is 70.9 Å². The van der Waals surface area contributed by atoms with E-state index in [2.05, 4.69) is 37.7 Å². The molecule has 1 rings (SSSR count). The molecule has 1 saturated heterocycles. The predicted octanol–water partition coefficient (Wildman–Crippen LogP) is 4.15. The first-order valence-corrected chi connectivity index (χ1v) is 8.59. The number of hydrogen-bond acceptors (Lipinski definition) is 2. The van der Waals surface area contributed by atoms with Gasteiger partial charge in [0.05, 0.1) is 0 Å². The number of nitrogens with zero attached hydrogens (tertiary/aromatic N) is 2. The summed E-state index contributed by atoms with van der Waals surface area (Å²) in [4.78, 5) is 5.19. The van der Waals surface area contributed by atoms with Crippen molar-refractivity contribution in [2.24, 2.45) is 0 Å². The molecule has 2 nitrogen and oxygen atoms in total. The van der Waals surface area contributed by atoms with Crippen molar-refractivity contribution in [2.75, 3.05) is 27.2 Å². The quantitative estimate of drug-likeness (QED) is 0.580. The molecule has 114 valence electrons. The number of likely N-dealkylation sites (tertiary alicyclic amines) is 1. The highest BCUT2D eigenvalue weighted by Gasteiger charge is 2.25. The second kappa shape index (κ2) is 9.77. The Bertz CT molecular complexity index is 215. The van der Waals surface area contributed by atoms with Gasteiger partial charge >= 0.3 is 0 Å². The number of rotatable bonds is 9. The van der Waals surface area contributed by atoms with Crippen LogP contribution in [0.5, 0.6) is 0 Å². The smallest absolute Gasteiger partial charge is 0.0217 e. The summed E-state index contributed by atoms with van der Waals surface area (Å²) in [5.41, 5.74) is 0. The number of piperidine rings is 1. The molecule has 0 aromatic heterocycles. The number of hydrogen-bond donors (Lipinski definition) is 0. The van der Waals surface area contributed by atoms with E-state index in [-0.39, 0.29) is 0 Å². The Morgan fingerprint density at radius 3 is 2.47 bits per heavy atom. The Hall–Kier alpha value is -0.0800. The molecule has 0 spiro atoms. The molecule has 0 amide bonds. The van der Waals surface area contributed by atoms with Gasteiger partial charge in [-0.25, -0.2) is 0 Å². The van der Waals surface area contributed by atoms with E-state index in [1.807, 2.05) is 0 Å². The molecule has 2 heteroatoms. The summed E-state index contributed by atoms with van der Waals surface area (Å²) >= 11 is 0. The second-order valence-corrected chi connectivity index (χ2v) is 6.52.